The molecule has 1 aromatic heterocycles. The SMILES string of the molecule is Cc1ccc(-c2nc3c(nc2-c2ccc(C)cc2)N(C)C(CCCCCC(=O)O)C(O)C3)cc1. The summed E-state index contributed by atoms with van der Waals surface area (Å²) >= 11 is 0. The summed E-state index contributed by atoms with van der Waals surface area (Å²) in [6, 6.07) is 16.6. The molecule has 2 heterocycles. The average molecular weight is 460 g/mol. The van der Waals surface area contributed by atoms with E-state index in [1.54, 1.807) is 0 Å². The zero-order valence-corrected chi connectivity index (χ0v) is 20.2. The second-order valence-electron chi connectivity index (χ2n) is 9.37. The van der Waals surface area contributed by atoms with E-state index >= 15 is 0 Å². The predicted octanol–water partition coefficient (Wildman–Crippen LogP) is 5.18. The van der Waals surface area contributed by atoms with E-state index in [0.29, 0.717) is 12.8 Å². The number of aryl methyl sites for hydroxylation is 2. The number of likely N-dealkylation sites (N-methyl/N-ethyl adjacent to an activating group) is 1. The van der Waals surface area contributed by atoms with Crippen LogP contribution < -0.4 is 4.90 Å². The van der Waals surface area contributed by atoms with Crippen LogP contribution >= 0.6 is 0 Å². The van der Waals surface area contributed by atoms with Crippen LogP contribution in [0.3, 0.4) is 0 Å². The van der Waals surface area contributed by atoms with Gasteiger partial charge in [-0.15, -0.1) is 0 Å². The maximum Gasteiger partial charge on any atom is 0.303 e. The first kappa shape index (κ1) is 23.9. The Morgan fingerprint density at radius 1 is 0.912 bits per heavy atom. The van der Waals surface area contributed by atoms with Crippen molar-refractivity contribution in [3.05, 3.63) is 65.4 Å². The van der Waals surface area contributed by atoms with E-state index in [9.17, 15) is 9.90 Å². The Balaban J connectivity index is 1.67. The standard InChI is InChI=1S/C28H33N3O3/c1-18-9-13-20(14-10-18)26-27(21-15-11-19(2)12-16-21)30-28-22(29-26)17-24(32)23(31(28)3)7-5-4-6-8-25(33)34/h9-16,23-24,32H,4-8,17H2,1-3H3,(H,33,34). The number of carboxylic acid groups (broad SMARTS) is 1. The number of aliphatic hydroxyl groups is 1. The highest BCUT2D eigenvalue weighted by atomic mass is 16.4. The number of benzene rings is 2. The van der Waals surface area contributed by atoms with Gasteiger partial charge in [-0.25, -0.2) is 9.97 Å². The molecule has 0 fully saturated rings. The number of carboxylic acids is 1. The zero-order chi connectivity index (χ0) is 24.2. The first-order valence-electron chi connectivity index (χ1n) is 12.0. The molecule has 0 spiro atoms. The third-order valence-corrected chi connectivity index (χ3v) is 6.67. The molecule has 4 rings (SSSR count). The molecule has 2 N–H and O–H groups in total. The van der Waals surface area contributed by atoms with Crippen LogP contribution in [-0.4, -0.2) is 45.3 Å². The van der Waals surface area contributed by atoms with Gasteiger partial charge in [-0.05, 0) is 26.7 Å². The summed E-state index contributed by atoms with van der Waals surface area (Å²) in [5.74, 6) is 0.0549. The second-order valence-corrected chi connectivity index (χ2v) is 9.37. The van der Waals surface area contributed by atoms with Crippen molar-refractivity contribution in [2.24, 2.45) is 0 Å². The van der Waals surface area contributed by atoms with Crippen molar-refractivity contribution in [1.29, 1.82) is 0 Å². The van der Waals surface area contributed by atoms with Crippen molar-refractivity contribution < 1.29 is 15.0 Å². The minimum Gasteiger partial charge on any atom is -0.481 e. The number of fused-ring (bicyclic) bond motifs is 1. The van der Waals surface area contributed by atoms with E-state index in [1.165, 1.54) is 11.1 Å². The maximum atomic E-state index is 10.9. The molecular formula is C28H33N3O3. The van der Waals surface area contributed by atoms with Crippen LogP contribution in [0.2, 0.25) is 0 Å². The third-order valence-electron chi connectivity index (χ3n) is 6.67. The molecule has 6 heteroatoms. The fraction of sp³-hybridized carbons (Fsp3) is 0.393. The number of aromatic nitrogens is 2. The van der Waals surface area contributed by atoms with Gasteiger partial charge < -0.3 is 15.1 Å². The molecule has 178 valence electrons. The van der Waals surface area contributed by atoms with Gasteiger partial charge in [0.15, 0.2) is 5.82 Å². The number of rotatable bonds is 8. The van der Waals surface area contributed by atoms with Gasteiger partial charge in [0.05, 0.1) is 29.2 Å². The van der Waals surface area contributed by atoms with Crippen molar-refractivity contribution in [1.82, 2.24) is 9.97 Å². The summed E-state index contributed by atoms with van der Waals surface area (Å²) in [6.45, 7) is 4.13. The number of anilines is 1. The van der Waals surface area contributed by atoms with Crippen LogP contribution in [-0.2, 0) is 11.2 Å². The summed E-state index contributed by atoms with van der Waals surface area (Å²) in [5.41, 5.74) is 6.88. The van der Waals surface area contributed by atoms with Crippen LogP contribution in [0.5, 0.6) is 0 Å². The molecule has 2 atom stereocenters. The largest absolute Gasteiger partial charge is 0.481 e. The summed E-state index contributed by atoms with van der Waals surface area (Å²) in [7, 11) is 1.97. The minimum atomic E-state index is -0.757. The Labute approximate surface area is 201 Å². The average Bonchev–Trinajstić information content (AvgIpc) is 2.81. The first-order valence-corrected chi connectivity index (χ1v) is 12.0. The van der Waals surface area contributed by atoms with Gasteiger partial charge in [0.25, 0.3) is 0 Å². The number of aliphatic carboxylic acids is 1. The van der Waals surface area contributed by atoms with Crippen LogP contribution in [0.25, 0.3) is 22.5 Å². The van der Waals surface area contributed by atoms with E-state index in [1.807, 2.05) is 7.05 Å². The topological polar surface area (TPSA) is 86.6 Å². The van der Waals surface area contributed by atoms with Crippen molar-refractivity contribution >= 4 is 11.8 Å². The van der Waals surface area contributed by atoms with E-state index in [0.717, 1.165) is 53.3 Å². The van der Waals surface area contributed by atoms with Crippen LogP contribution in [0, 0.1) is 13.8 Å². The molecule has 34 heavy (non-hydrogen) atoms. The third kappa shape index (κ3) is 5.28. The highest BCUT2D eigenvalue weighted by Crippen LogP contribution is 2.36. The van der Waals surface area contributed by atoms with Crippen molar-refractivity contribution in [2.45, 2.75) is 64.5 Å². The molecular weight excluding hydrogens is 426 g/mol. The lowest BCUT2D eigenvalue weighted by Crippen LogP contribution is -2.47. The minimum absolute atomic E-state index is 0.0669. The van der Waals surface area contributed by atoms with Crippen molar-refractivity contribution in [2.75, 3.05) is 11.9 Å². The maximum absolute atomic E-state index is 10.9. The Morgan fingerprint density at radius 2 is 1.47 bits per heavy atom. The molecule has 1 aliphatic heterocycles. The van der Waals surface area contributed by atoms with Crippen LogP contribution in [0.15, 0.2) is 48.5 Å². The number of nitrogens with zero attached hydrogens (tertiary/aromatic N) is 3. The first-order chi connectivity index (χ1) is 16.3. The lowest BCUT2D eigenvalue weighted by atomic mass is 9.93. The normalized spacial score (nSPS) is 17.5. The van der Waals surface area contributed by atoms with Gasteiger partial charge in [-0.3, -0.25) is 4.79 Å². The van der Waals surface area contributed by atoms with E-state index in [4.69, 9.17) is 15.1 Å². The molecule has 0 amide bonds. The summed E-state index contributed by atoms with van der Waals surface area (Å²) in [4.78, 5) is 23.0. The summed E-state index contributed by atoms with van der Waals surface area (Å²) in [5, 5.41) is 19.8. The van der Waals surface area contributed by atoms with Crippen molar-refractivity contribution in [3.63, 3.8) is 0 Å². The Kier molecular flexibility index (Phi) is 7.27. The molecule has 0 saturated carbocycles. The van der Waals surface area contributed by atoms with Crippen LogP contribution in [0.4, 0.5) is 5.82 Å². The van der Waals surface area contributed by atoms with Crippen molar-refractivity contribution in [3.8, 4) is 22.5 Å². The molecule has 2 aromatic carbocycles. The van der Waals surface area contributed by atoms with Gasteiger partial charge in [-0.1, -0.05) is 72.5 Å². The van der Waals surface area contributed by atoms with Gasteiger partial charge in [0.1, 0.15) is 0 Å². The fourth-order valence-corrected chi connectivity index (χ4v) is 4.65. The summed E-state index contributed by atoms with van der Waals surface area (Å²) in [6.07, 6.45) is 3.27. The van der Waals surface area contributed by atoms with Crippen LogP contribution in [0.1, 0.15) is 48.9 Å². The number of hydrogen-bond donors (Lipinski definition) is 2. The molecule has 3 aromatic rings. The number of carbonyl (C=O) groups is 1. The highest BCUT2D eigenvalue weighted by molar-refractivity contribution is 5.80. The fourth-order valence-electron chi connectivity index (χ4n) is 4.65. The van der Waals surface area contributed by atoms with E-state index < -0.39 is 12.1 Å². The summed E-state index contributed by atoms with van der Waals surface area (Å²) < 4.78 is 0. The molecule has 6 nitrogen and oxygen atoms in total. The molecule has 0 aliphatic carbocycles. The van der Waals surface area contributed by atoms with E-state index in [2.05, 4.69) is 67.3 Å². The second kappa shape index (κ2) is 10.3. The zero-order valence-electron chi connectivity index (χ0n) is 20.2. The molecule has 0 bridgehead atoms. The lowest BCUT2D eigenvalue weighted by molar-refractivity contribution is -0.137. The van der Waals surface area contributed by atoms with Gasteiger partial charge in [0, 0.05) is 31.0 Å². The number of hydrogen-bond acceptors (Lipinski definition) is 5. The Bertz CT molecular complexity index is 1140. The predicted molar refractivity (Wildman–Crippen MR) is 135 cm³/mol. The van der Waals surface area contributed by atoms with Gasteiger partial charge >= 0.3 is 5.97 Å². The lowest BCUT2D eigenvalue weighted by Gasteiger charge is -2.38. The smallest absolute Gasteiger partial charge is 0.303 e. The Morgan fingerprint density at radius 3 is 2.03 bits per heavy atom. The quantitative estimate of drug-likeness (QED) is 0.451. The van der Waals surface area contributed by atoms with E-state index in [-0.39, 0.29) is 12.5 Å². The van der Waals surface area contributed by atoms with Gasteiger partial charge in [-0.2, -0.15) is 0 Å². The molecule has 0 saturated heterocycles. The van der Waals surface area contributed by atoms with Gasteiger partial charge in [0.2, 0.25) is 0 Å². The monoisotopic (exact) mass is 459 g/mol. The Hall–Kier alpha value is -3.25. The number of unbranched alkanes of at least 4 members (excludes halogenated alkanes) is 2. The molecule has 0 radical (unpaired) electrons. The molecule has 1 aliphatic rings. The number of aliphatic hydroxyl groups excluding tert-OH is 1. The highest BCUT2D eigenvalue weighted by Gasteiger charge is 2.34. The molecule has 2 unspecified atom stereocenters.